The number of ether oxygens (including phenoxy) is 1. The lowest BCUT2D eigenvalue weighted by Crippen LogP contribution is -2.29. The molecule has 0 amide bonds. The summed E-state index contributed by atoms with van der Waals surface area (Å²) in [4.78, 5) is 6.73. The van der Waals surface area contributed by atoms with E-state index in [-0.39, 0.29) is 12.1 Å². The number of para-hydroxylation sites is 1. The van der Waals surface area contributed by atoms with E-state index in [0.717, 1.165) is 41.0 Å². The van der Waals surface area contributed by atoms with E-state index in [2.05, 4.69) is 71.6 Å². The second-order valence-corrected chi connectivity index (χ2v) is 12.5. The number of sulfonamides is 1. The van der Waals surface area contributed by atoms with Gasteiger partial charge in [-0.05, 0) is 92.5 Å². The summed E-state index contributed by atoms with van der Waals surface area (Å²) in [5.74, 6) is 0.417. The minimum Gasteiger partial charge on any atom is -0.495 e. The molecule has 2 aromatic heterocycles. The highest BCUT2D eigenvalue weighted by molar-refractivity contribution is 7.92. The lowest BCUT2D eigenvalue weighted by Gasteiger charge is -2.29. The van der Waals surface area contributed by atoms with Crippen LogP contribution in [-0.2, 0) is 16.4 Å². The molecule has 0 radical (unpaired) electrons. The average molecular weight is 590 g/mol. The molecule has 2 N–H and O–H groups in total. The summed E-state index contributed by atoms with van der Waals surface area (Å²) in [5.41, 5.74) is 8.95. The van der Waals surface area contributed by atoms with Crippen molar-refractivity contribution in [2.24, 2.45) is 0 Å². The number of hydrogen-bond acceptors (Lipinski definition) is 5. The van der Waals surface area contributed by atoms with Gasteiger partial charge in [0.1, 0.15) is 5.75 Å². The van der Waals surface area contributed by atoms with Crippen molar-refractivity contribution in [2.75, 3.05) is 23.0 Å². The summed E-state index contributed by atoms with van der Waals surface area (Å²) < 4.78 is 34.7. The van der Waals surface area contributed by atoms with E-state index in [1.54, 1.807) is 18.3 Å². The Labute approximate surface area is 247 Å². The highest BCUT2D eigenvalue weighted by Crippen LogP contribution is 2.45. The van der Waals surface area contributed by atoms with Gasteiger partial charge < -0.3 is 19.5 Å². The van der Waals surface area contributed by atoms with Gasteiger partial charge in [-0.25, -0.2) is 8.42 Å². The van der Waals surface area contributed by atoms with Crippen molar-refractivity contribution in [1.82, 2.24) is 14.9 Å². The number of hydrogen-bond donors (Lipinski definition) is 2. The van der Waals surface area contributed by atoms with Crippen molar-refractivity contribution in [3.05, 3.63) is 101 Å². The van der Waals surface area contributed by atoms with Crippen LogP contribution in [0.15, 0.2) is 66.9 Å². The second kappa shape index (κ2) is 11.2. The molecule has 5 rings (SSSR count). The zero-order chi connectivity index (χ0) is 29.5. The summed E-state index contributed by atoms with van der Waals surface area (Å²) in [6.45, 7) is 8.60. The van der Waals surface area contributed by atoms with Crippen molar-refractivity contribution >= 4 is 38.7 Å². The van der Waals surface area contributed by atoms with Gasteiger partial charge in [-0.2, -0.15) is 0 Å². The molecule has 1 fully saturated rings. The predicted molar refractivity (Wildman–Crippen MR) is 169 cm³/mol. The largest absolute Gasteiger partial charge is 0.495 e. The Kier molecular flexibility index (Phi) is 7.80. The predicted octanol–water partition coefficient (Wildman–Crippen LogP) is 5.92. The quantitative estimate of drug-likeness (QED) is 0.247. The van der Waals surface area contributed by atoms with Crippen molar-refractivity contribution < 1.29 is 13.2 Å². The topological polar surface area (TPSA) is 88.5 Å². The summed E-state index contributed by atoms with van der Waals surface area (Å²) >= 11 is 5.94. The summed E-state index contributed by atoms with van der Waals surface area (Å²) in [7, 11) is -2.03. The first-order chi connectivity index (χ1) is 19.5. The molecule has 41 heavy (non-hydrogen) atoms. The van der Waals surface area contributed by atoms with E-state index in [0.29, 0.717) is 16.5 Å². The first-order valence-electron chi connectivity index (χ1n) is 13.5. The number of methoxy groups -OCH3 is 1. The summed E-state index contributed by atoms with van der Waals surface area (Å²) in [6.07, 6.45) is 3.82. The van der Waals surface area contributed by atoms with Crippen LogP contribution in [0.4, 0.5) is 11.4 Å². The molecule has 1 aliphatic rings. The number of benzene rings is 2. The van der Waals surface area contributed by atoms with E-state index < -0.39 is 10.0 Å². The third kappa shape index (κ3) is 5.41. The average Bonchev–Trinajstić information content (AvgIpc) is 3.43. The summed E-state index contributed by atoms with van der Waals surface area (Å²) in [6, 6.07) is 19.4. The van der Waals surface area contributed by atoms with Crippen molar-refractivity contribution in [3.8, 4) is 11.4 Å². The Hall–Kier alpha value is -3.89. The van der Waals surface area contributed by atoms with Gasteiger partial charge in [0.15, 0.2) is 5.11 Å². The van der Waals surface area contributed by atoms with Crippen LogP contribution >= 0.6 is 12.2 Å². The van der Waals surface area contributed by atoms with E-state index in [4.69, 9.17) is 17.0 Å². The van der Waals surface area contributed by atoms with Gasteiger partial charge in [-0.3, -0.25) is 9.71 Å². The number of nitrogens with one attached hydrogen (secondary N) is 2. The zero-order valence-corrected chi connectivity index (χ0v) is 25.7. The van der Waals surface area contributed by atoms with Crippen LogP contribution in [0.1, 0.15) is 52.8 Å². The van der Waals surface area contributed by atoms with Gasteiger partial charge in [0, 0.05) is 23.3 Å². The van der Waals surface area contributed by atoms with Crippen LogP contribution in [0, 0.1) is 20.8 Å². The van der Waals surface area contributed by atoms with Crippen LogP contribution in [0.2, 0.25) is 0 Å². The highest BCUT2D eigenvalue weighted by atomic mass is 32.2. The molecule has 8 nitrogen and oxygen atoms in total. The molecule has 2 aromatic carbocycles. The van der Waals surface area contributed by atoms with Crippen LogP contribution in [0.25, 0.3) is 5.69 Å². The van der Waals surface area contributed by atoms with Crippen molar-refractivity contribution in [3.63, 3.8) is 0 Å². The molecule has 0 aliphatic carbocycles. The second-order valence-electron chi connectivity index (χ2n) is 10.4. The van der Waals surface area contributed by atoms with Gasteiger partial charge in [-0.15, -0.1) is 0 Å². The zero-order valence-electron chi connectivity index (χ0n) is 24.1. The standard InChI is InChI=1S/C31H35N5O3S2/c1-7-22-12-10-11-19(2)29(22)35-20(3)17-24(21(35)4)30-28(25-13-8-9-16-32-25)33-31(40)36(30)23-14-15-27(39-5)26(18-23)34-41(6,37)38/h8-18,28,30,34H,7H2,1-6H3,(H,33,40)/t28-,30+/m1/s1. The number of anilines is 2. The van der Waals surface area contributed by atoms with Gasteiger partial charge >= 0.3 is 0 Å². The molecule has 1 saturated heterocycles. The fourth-order valence-electron chi connectivity index (χ4n) is 5.83. The van der Waals surface area contributed by atoms with E-state index >= 15 is 0 Å². The monoisotopic (exact) mass is 589 g/mol. The lowest BCUT2D eigenvalue weighted by molar-refractivity contribution is 0.417. The molecule has 0 spiro atoms. The number of rotatable bonds is 8. The molecule has 2 atom stereocenters. The van der Waals surface area contributed by atoms with Gasteiger partial charge in [-0.1, -0.05) is 31.2 Å². The molecule has 3 heterocycles. The number of pyridine rings is 1. The Bertz CT molecular complexity index is 1720. The third-order valence-electron chi connectivity index (χ3n) is 7.57. The Morgan fingerprint density at radius 2 is 1.85 bits per heavy atom. The van der Waals surface area contributed by atoms with E-state index in [1.807, 2.05) is 29.2 Å². The van der Waals surface area contributed by atoms with Crippen molar-refractivity contribution in [2.45, 2.75) is 46.2 Å². The van der Waals surface area contributed by atoms with Crippen LogP contribution in [0.5, 0.6) is 5.75 Å². The van der Waals surface area contributed by atoms with Gasteiger partial charge in [0.25, 0.3) is 0 Å². The van der Waals surface area contributed by atoms with Gasteiger partial charge in [0.2, 0.25) is 10.0 Å². The number of nitrogens with zero attached hydrogens (tertiary/aromatic N) is 3. The Balaban J connectivity index is 1.71. The van der Waals surface area contributed by atoms with Crippen molar-refractivity contribution in [1.29, 1.82) is 0 Å². The van der Waals surface area contributed by atoms with E-state index in [9.17, 15) is 8.42 Å². The first-order valence-corrected chi connectivity index (χ1v) is 15.8. The molecule has 1 aliphatic heterocycles. The molecule has 0 saturated carbocycles. The Morgan fingerprint density at radius 1 is 1.07 bits per heavy atom. The van der Waals surface area contributed by atoms with E-state index in [1.165, 1.54) is 23.9 Å². The first kappa shape index (κ1) is 28.6. The molecule has 0 bridgehead atoms. The molecule has 0 unspecified atom stereocenters. The number of aromatic nitrogens is 2. The van der Waals surface area contributed by atoms with Crippen LogP contribution < -0.4 is 19.7 Å². The molecule has 4 aromatic rings. The normalized spacial score (nSPS) is 17.0. The number of aryl methyl sites for hydroxylation is 3. The maximum absolute atomic E-state index is 12.2. The smallest absolute Gasteiger partial charge is 0.229 e. The molecular weight excluding hydrogens is 555 g/mol. The fraction of sp³-hybridized carbons (Fsp3) is 0.290. The maximum atomic E-state index is 12.2. The Morgan fingerprint density at radius 3 is 2.51 bits per heavy atom. The molecule has 10 heteroatoms. The summed E-state index contributed by atoms with van der Waals surface area (Å²) in [5, 5.41) is 4.03. The molecular formula is C31H35N5O3S2. The maximum Gasteiger partial charge on any atom is 0.229 e. The van der Waals surface area contributed by atoms with Crippen LogP contribution in [0.3, 0.4) is 0 Å². The minimum absolute atomic E-state index is 0.242. The lowest BCUT2D eigenvalue weighted by atomic mass is 9.96. The fourth-order valence-corrected chi connectivity index (χ4v) is 6.74. The minimum atomic E-state index is -3.54. The number of thiocarbonyl (C=S) groups is 1. The highest BCUT2D eigenvalue weighted by Gasteiger charge is 2.42. The third-order valence-corrected chi connectivity index (χ3v) is 8.47. The molecule has 214 valence electrons. The van der Waals surface area contributed by atoms with Crippen LogP contribution in [-0.4, -0.2) is 36.4 Å². The van der Waals surface area contributed by atoms with Gasteiger partial charge in [0.05, 0.1) is 42.5 Å². The SMILES string of the molecule is CCc1cccc(C)c1-n1c(C)cc([C@H]2[C@@H](c3ccccn3)NC(=S)N2c2ccc(OC)c(NS(C)(=O)=O)c2)c1C.